The zero-order chi connectivity index (χ0) is 11.5. The number of nitrogens with zero attached hydrogens (tertiary/aromatic N) is 2. The highest BCUT2D eigenvalue weighted by Gasteiger charge is 2.16. The summed E-state index contributed by atoms with van der Waals surface area (Å²) in [6, 6.07) is 6.89. The lowest BCUT2D eigenvalue weighted by Gasteiger charge is -2.17. The molecule has 0 N–H and O–H groups in total. The number of likely N-dealkylation sites (N-methyl/N-ethyl adjacent to an activating group) is 1. The van der Waals surface area contributed by atoms with Crippen LogP contribution in [0, 0.1) is 6.92 Å². The van der Waals surface area contributed by atoms with Crippen molar-refractivity contribution in [1.82, 2.24) is 9.80 Å². The molecule has 0 amide bonds. The van der Waals surface area contributed by atoms with Gasteiger partial charge < -0.3 is 0 Å². The van der Waals surface area contributed by atoms with Crippen LogP contribution < -0.4 is 0 Å². The molecule has 0 unspecified atom stereocenters. The van der Waals surface area contributed by atoms with Gasteiger partial charge in [0.05, 0.1) is 6.67 Å². The Balaban J connectivity index is 2.04. The summed E-state index contributed by atoms with van der Waals surface area (Å²) in [5.41, 5.74) is 4.36. The summed E-state index contributed by atoms with van der Waals surface area (Å²) < 4.78 is 0. The van der Waals surface area contributed by atoms with Crippen LogP contribution in [0.25, 0.3) is 0 Å². The Kier molecular flexibility index (Phi) is 3.62. The average molecular weight is 218 g/mol. The summed E-state index contributed by atoms with van der Waals surface area (Å²) in [5, 5.41) is 0. The summed E-state index contributed by atoms with van der Waals surface area (Å²) in [6.45, 7) is 9.05. The largest absolute Gasteiger partial charge is 0.292 e. The Morgan fingerprint density at radius 1 is 1.25 bits per heavy atom. The number of hydrogen-bond acceptors (Lipinski definition) is 2. The highest BCUT2D eigenvalue weighted by Crippen LogP contribution is 2.15. The standard InChI is InChI=1S/C14H22N2/c1-4-13-5-6-14(12(2)9-13)10-16-8-7-15(3)11-16/h5-6,9H,4,7-8,10-11H2,1-3H3. The van der Waals surface area contributed by atoms with Crippen molar-refractivity contribution in [1.29, 1.82) is 0 Å². The van der Waals surface area contributed by atoms with Gasteiger partial charge in [-0.1, -0.05) is 25.1 Å². The van der Waals surface area contributed by atoms with E-state index >= 15 is 0 Å². The molecule has 1 aliphatic heterocycles. The number of hydrogen-bond donors (Lipinski definition) is 0. The van der Waals surface area contributed by atoms with Crippen molar-refractivity contribution in [3.8, 4) is 0 Å². The second kappa shape index (κ2) is 4.98. The third kappa shape index (κ3) is 2.63. The van der Waals surface area contributed by atoms with Crippen LogP contribution in [0.15, 0.2) is 18.2 Å². The Morgan fingerprint density at radius 3 is 2.62 bits per heavy atom. The third-order valence-electron chi connectivity index (χ3n) is 3.45. The smallest absolute Gasteiger partial charge is 0.0507 e. The normalized spacial score (nSPS) is 18.2. The molecule has 16 heavy (non-hydrogen) atoms. The van der Waals surface area contributed by atoms with Crippen LogP contribution in [-0.2, 0) is 13.0 Å². The first kappa shape index (κ1) is 11.6. The molecule has 1 saturated heterocycles. The molecule has 88 valence electrons. The molecule has 2 heteroatoms. The van der Waals surface area contributed by atoms with Crippen LogP contribution in [-0.4, -0.2) is 36.6 Å². The number of rotatable bonds is 3. The average Bonchev–Trinajstić information content (AvgIpc) is 2.67. The highest BCUT2D eigenvalue weighted by molar-refractivity contribution is 5.31. The predicted molar refractivity (Wildman–Crippen MR) is 68.5 cm³/mol. The van der Waals surface area contributed by atoms with Crippen LogP contribution in [0.3, 0.4) is 0 Å². The summed E-state index contributed by atoms with van der Waals surface area (Å²) in [4.78, 5) is 4.88. The van der Waals surface area contributed by atoms with E-state index in [1.54, 1.807) is 0 Å². The fourth-order valence-corrected chi connectivity index (χ4v) is 2.32. The molecule has 1 fully saturated rings. The topological polar surface area (TPSA) is 6.48 Å². The maximum absolute atomic E-state index is 2.51. The summed E-state index contributed by atoms with van der Waals surface area (Å²) in [6.07, 6.45) is 1.13. The van der Waals surface area contributed by atoms with Gasteiger partial charge in [-0.25, -0.2) is 0 Å². The van der Waals surface area contributed by atoms with Crippen LogP contribution in [0.2, 0.25) is 0 Å². The van der Waals surface area contributed by atoms with Gasteiger partial charge in [0, 0.05) is 19.6 Å². The van der Waals surface area contributed by atoms with Crippen LogP contribution in [0.4, 0.5) is 0 Å². The molecule has 2 rings (SSSR count). The van der Waals surface area contributed by atoms with Crippen molar-refractivity contribution in [2.45, 2.75) is 26.8 Å². The first-order valence-electron chi connectivity index (χ1n) is 6.18. The van der Waals surface area contributed by atoms with E-state index in [0.29, 0.717) is 0 Å². The lowest BCUT2D eigenvalue weighted by molar-refractivity contribution is 0.268. The van der Waals surface area contributed by atoms with Gasteiger partial charge in [0.2, 0.25) is 0 Å². The van der Waals surface area contributed by atoms with Crippen molar-refractivity contribution < 1.29 is 0 Å². The first-order valence-corrected chi connectivity index (χ1v) is 6.18. The van der Waals surface area contributed by atoms with E-state index < -0.39 is 0 Å². The van der Waals surface area contributed by atoms with Gasteiger partial charge in [-0.2, -0.15) is 0 Å². The van der Waals surface area contributed by atoms with E-state index in [9.17, 15) is 0 Å². The predicted octanol–water partition coefficient (Wildman–Crippen LogP) is 2.26. The molecule has 0 bridgehead atoms. The van der Waals surface area contributed by atoms with Crippen molar-refractivity contribution in [3.05, 3.63) is 34.9 Å². The van der Waals surface area contributed by atoms with Crippen molar-refractivity contribution in [2.75, 3.05) is 26.8 Å². The maximum atomic E-state index is 2.51. The molecule has 0 saturated carbocycles. The number of benzene rings is 1. The SMILES string of the molecule is CCc1ccc(CN2CCN(C)C2)c(C)c1. The Hall–Kier alpha value is -0.860. The summed E-state index contributed by atoms with van der Waals surface area (Å²) in [5.74, 6) is 0. The Bertz CT molecular complexity index is 360. The van der Waals surface area contributed by atoms with Crippen molar-refractivity contribution in [2.24, 2.45) is 0 Å². The van der Waals surface area contributed by atoms with E-state index in [2.05, 4.69) is 48.9 Å². The highest BCUT2D eigenvalue weighted by atomic mass is 15.4. The molecule has 0 aliphatic carbocycles. The van der Waals surface area contributed by atoms with E-state index in [1.807, 2.05) is 0 Å². The zero-order valence-corrected chi connectivity index (χ0v) is 10.7. The van der Waals surface area contributed by atoms with Gasteiger partial charge in [0.25, 0.3) is 0 Å². The van der Waals surface area contributed by atoms with E-state index in [1.165, 1.54) is 29.8 Å². The molecule has 2 nitrogen and oxygen atoms in total. The van der Waals surface area contributed by atoms with Crippen molar-refractivity contribution in [3.63, 3.8) is 0 Å². The van der Waals surface area contributed by atoms with Gasteiger partial charge in [-0.15, -0.1) is 0 Å². The Morgan fingerprint density at radius 2 is 2.06 bits per heavy atom. The zero-order valence-electron chi connectivity index (χ0n) is 10.7. The second-order valence-electron chi connectivity index (χ2n) is 4.89. The molecule has 1 aliphatic rings. The molecule has 0 spiro atoms. The molecular weight excluding hydrogens is 196 g/mol. The molecule has 0 aromatic heterocycles. The monoisotopic (exact) mass is 218 g/mol. The van der Waals surface area contributed by atoms with Gasteiger partial charge >= 0.3 is 0 Å². The minimum absolute atomic E-state index is 1.10. The minimum Gasteiger partial charge on any atom is -0.292 e. The van der Waals surface area contributed by atoms with E-state index in [4.69, 9.17) is 0 Å². The maximum Gasteiger partial charge on any atom is 0.0507 e. The fraction of sp³-hybridized carbons (Fsp3) is 0.571. The lowest BCUT2D eigenvalue weighted by atomic mass is 10.0. The van der Waals surface area contributed by atoms with E-state index in [0.717, 1.165) is 19.6 Å². The Labute approximate surface area is 98.9 Å². The molecular formula is C14H22N2. The quantitative estimate of drug-likeness (QED) is 0.768. The van der Waals surface area contributed by atoms with Crippen LogP contribution in [0.1, 0.15) is 23.6 Å². The fourth-order valence-electron chi connectivity index (χ4n) is 2.32. The first-order chi connectivity index (χ1) is 7.69. The van der Waals surface area contributed by atoms with Crippen LogP contribution >= 0.6 is 0 Å². The third-order valence-corrected chi connectivity index (χ3v) is 3.45. The van der Waals surface area contributed by atoms with Gasteiger partial charge in [0.1, 0.15) is 0 Å². The molecule has 0 atom stereocenters. The second-order valence-corrected chi connectivity index (χ2v) is 4.89. The minimum atomic E-state index is 1.10. The molecule has 1 aromatic carbocycles. The van der Waals surface area contributed by atoms with Crippen LogP contribution in [0.5, 0.6) is 0 Å². The molecule has 1 aromatic rings. The van der Waals surface area contributed by atoms with Gasteiger partial charge in [-0.05, 0) is 37.1 Å². The lowest BCUT2D eigenvalue weighted by Crippen LogP contribution is -2.22. The number of aryl methyl sites for hydroxylation is 2. The van der Waals surface area contributed by atoms with Gasteiger partial charge in [0.15, 0.2) is 0 Å². The van der Waals surface area contributed by atoms with Crippen molar-refractivity contribution >= 4 is 0 Å². The summed E-state index contributed by atoms with van der Waals surface area (Å²) in [7, 11) is 2.19. The molecule has 1 heterocycles. The van der Waals surface area contributed by atoms with Gasteiger partial charge in [-0.3, -0.25) is 9.80 Å². The summed E-state index contributed by atoms with van der Waals surface area (Å²) >= 11 is 0. The van der Waals surface area contributed by atoms with E-state index in [-0.39, 0.29) is 0 Å². The molecule has 0 radical (unpaired) electrons.